The van der Waals surface area contributed by atoms with E-state index in [1.807, 2.05) is 37.3 Å². The van der Waals surface area contributed by atoms with Crippen LogP contribution in [-0.4, -0.2) is 19.6 Å². The third-order valence-corrected chi connectivity index (χ3v) is 3.44. The maximum Gasteiger partial charge on any atom is 0.217 e. The zero-order valence-electron chi connectivity index (χ0n) is 11.9. The number of aromatic nitrogens is 4. The molecule has 0 saturated carbocycles. The van der Waals surface area contributed by atoms with Gasteiger partial charge in [0.05, 0.1) is 6.26 Å². The van der Waals surface area contributed by atoms with Crippen molar-refractivity contribution in [2.45, 2.75) is 6.92 Å². The van der Waals surface area contributed by atoms with Crippen LogP contribution in [0.15, 0.2) is 53.3 Å². The molecule has 6 nitrogen and oxygen atoms in total. The molecule has 4 heterocycles. The lowest BCUT2D eigenvalue weighted by atomic mass is 10.1. The van der Waals surface area contributed by atoms with E-state index >= 15 is 0 Å². The molecule has 0 aliphatic rings. The second-order valence-corrected chi connectivity index (χ2v) is 5.04. The summed E-state index contributed by atoms with van der Waals surface area (Å²) in [7, 11) is 0. The van der Waals surface area contributed by atoms with E-state index in [0.717, 1.165) is 16.8 Å². The molecule has 0 radical (unpaired) electrons. The van der Waals surface area contributed by atoms with Crippen molar-refractivity contribution < 1.29 is 4.42 Å². The zero-order valence-corrected chi connectivity index (χ0v) is 11.9. The molecule has 4 aromatic rings. The third kappa shape index (κ3) is 2.01. The molecule has 0 bridgehead atoms. The Labute approximate surface area is 126 Å². The number of nitrogens with zero attached hydrogens (tertiary/aromatic N) is 4. The predicted octanol–water partition coefficient (Wildman–Crippen LogP) is 2.94. The van der Waals surface area contributed by atoms with Gasteiger partial charge in [0, 0.05) is 11.9 Å². The third-order valence-electron chi connectivity index (χ3n) is 3.44. The Morgan fingerprint density at radius 1 is 1.14 bits per heavy atom. The molecule has 4 rings (SSSR count). The van der Waals surface area contributed by atoms with Gasteiger partial charge in [0.15, 0.2) is 11.4 Å². The van der Waals surface area contributed by atoms with Gasteiger partial charge >= 0.3 is 0 Å². The number of hydrogen-bond donors (Lipinski definition) is 1. The summed E-state index contributed by atoms with van der Waals surface area (Å²) >= 11 is 0. The maximum absolute atomic E-state index is 6.11. The Hall–Kier alpha value is -3.15. The van der Waals surface area contributed by atoms with Crippen molar-refractivity contribution in [3.05, 3.63) is 54.6 Å². The molecule has 6 heteroatoms. The van der Waals surface area contributed by atoms with Crippen LogP contribution in [0.25, 0.3) is 28.4 Å². The van der Waals surface area contributed by atoms with E-state index < -0.39 is 0 Å². The smallest absolute Gasteiger partial charge is 0.217 e. The van der Waals surface area contributed by atoms with Crippen LogP contribution in [0.1, 0.15) is 5.69 Å². The lowest BCUT2D eigenvalue weighted by Gasteiger charge is -2.05. The van der Waals surface area contributed by atoms with Crippen molar-refractivity contribution in [2.75, 3.05) is 5.73 Å². The first-order valence-corrected chi connectivity index (χ1v) is 6.84. The van der Waals surface area contributed by atoms with Gasteiger partial charge in [0.1, 0.15) is 5.82 Å². The summed E-state index contributed by atoms with van der Waals surface area (Å²) in [6.45, 7) is 1.96. The highest BCUT2D eigenvalue weighted by Gasteiger charge is 2.12. The minimum absolute atomic E-state index is 0.514. The van der Waals surface area contributed by atoms with Gasteiger partial charge in [-0.1, -0.05) is 0 Å². The average molecular weight is 291 g/mol. The van der Waals surface area contributed by atoms with Crippen molar-refractivity contribution >= 4 is 11.5 Å². The van der Waals surface area contributed by atoms with E-state index in [2.05, 4.69) is 15.1 Å². The Bertz CT molecular complexity index is 956. The summed E-state index contributed by atoms with van der Waals surface area (Å²) in [4.78, 5) is 8.70. The lowest BCUT2D eigenvalue weighted by Crippen LogP contribution is -1.99. The molecule has 0 amide bonds. The van der Waals surface area contributed by atoms with Gasteiger partial charge in [-0.15, -0.1) is 5.10 Å². The highest BCUT2D eigenvalue weighted by Crippen LogP contribution is 2.25. The van der Waals surface area contributed by atoms with Gasteiger partial charge in [-0.25, -0.2) is 4.98 Å². The van der Waals surface area contributed by atoms with Crippen LogP contribution in [0.5, 0.6) is 0 Å². The maximum atomic E-state index is 6.11. The predicted molar refractivity (Wildman–Crippen MR) is 83.1 cm³/mol. The van der Waals surface area contributed by atoms with Crippen LogP contribution in [0.2, 0.25) is 0 Å². The first-order chi connectivity index (χ1) is 10.7. The fourth-order valence-corrected chi connectivity index (χ4v) is 2.41. The van der Waals surface area contributed by atoms with Gasteiger partial charge in [-0.3, -0.25) is 4.98 Å². The summed E-state index contributed by atoms with van der Waals surface area (Å²) in [5.74, 6) is 1.65. The average Bonchev–Trinajstić information content (AvgIpc) is 3.16. The van der Waals surface area contributed by atoms with E-state index in [9.17, 15) is 0 Å². The van der Waals surface area contributed by atoms with E-state index in [1.54, 1.807) is 23.0 Å². The van der Waals surface area contributed by atoms with Crippen molar-refractivity contribution in [1.82, 2.24) is 19.6 Å². The van der Waals surface area contributed by atoms with Gasteiger partial charge in [-0.2, -0.15) is 4.52 Å². The highest BCUT2D eigenvalue weighted by atomic mass is 16.3. The number of furan rings is 1. The normalized spacial score (nSPS) is 11.1. The lowest BCUT2D eigenvalue weighted by molar-refractivity contribution is 0.577. The van der Waals surface area contributed by atoms with Gasteiger partial charge in [0.2, 0.25) is 5.82 Å². The molecule has 0 aromatic carbocycles. The highest BCUT2D eigenvalue weighted by molar-refractivity contribution is 5.71. The molecule has 2 N–H and O–H groups in total. The second kappa shape index (κ2) is 4.70. The first-order valence-electron chi connectivity index (χ1n) is 6.84. The van der Waals surface area contributed by atoms with Crippen LogP contribution < -0.4 is 5.73 Å². The number of fused-ring (bicyclic) bond motifs is 1. The molecule has 0 aliphatic carbocycles. The quantitative estimate of drug-likeness (QED) is 0.614. The Morgan fingerprint density at radius 2 is 2.05 bits per heavy atom. The number of nitrogens with two attached hydrogens (primary N) is 1. The molecule has 4 aromatic heterocycles. The van der Waals surface area contributed by atoms with Crippen molar-refractivity contribution in [2.24, 2.45) is 0 Å². The number of pyridine rings is 2. The number of aryl methyl sites for hydroxylation is 1. The monoisotopic (exact) mass is 291 g/mol. The van der Waals surface area contributed by atoms with Crippen molar-refractivity contribution in [3.63, 3.8) is 0 Å². The zero-order chi connectivity index (χ0) is 15.1. The molecule has 0 atom stereocenters. The fraction of sp³-hybridized carbons (Fsp3) is 0.0625. The van der Waals surface area contributed by atoms with Gasteiger partial charge in [0.25, 0.3) is 0 Å². The minimum atomic E-state index is 0.514. The van der Waals surface area contributed by atoms with Crippen LogP contribution in [0.4, 0.5) is 5.82 Å². The topological polar surface area (TPSA) is 82.2 Å². The van der Waals surface area contributed by atoms with E-state index in [-0.39, 0.29) is 0 Å². The standard InChI is InChI=1S/C16H13N5O/c1-10-7-11(4-5-18-10)12-8-14(17)21-15(9-12)19-16(20-21)13-3-2-6-22-13/h2-9H,17H2,1H3. The summed E-state index contributed by atoms with van der Waals surface area (Å²) < 4.78 is 6.94. The van der Waals surface area contributed by atoms with E-state index in [4.69, 9.17) is 10.2 Å². The summed E-state index contributed by atoms with van der Waals surface area (Å²) in [5.41, 5.74) is 9.77. The summed E-state index contributed by atoms with van der Waals surface area (Å²) in [6, 6.07) is 11.4. The van der Waals surface area contributed by atoms with Crippen LogP contribution >= 0.6 is 0 Å². The molecular formula is C16H13N5O. The molecule has 0 fully saturated rings. The molecule has 108 valence electrons. The second-order valence-electron chi connectivity index (χ2n) is 5.04. The van der Waals surface area contributed by atoms with Crippen LogP contribution in [0, 0.1) is 6.92 Å². The molecular weight excluding hydrogens is 278 g/mol. The fourth-order valence-electron chi connectivity index (χ4n) is 2.41. The van der Waals surface area contributed by atoms with Crippen molar-refractivity contribution in [3.8, 4) is 22.7 Å². The van der Waals surface area contributed by atoms with Crippen molar-refractivity contribution in [1.29, 1.82) is 0 Å². The first kappa shape index (κ1) is 12.6. The Morgan fingerprint density at radius 3 is 2.82 bits per heavy atom. The SMILES string of the molecule is Cc1cc(-c2cc(N)n3nc(-c4ccco4)nc3c2)ccn1. The van der Waals surface area contributed by atoms with Gasteiger partial charge < -0.3 is 10.2 Å². The molecule has 0 saturated heterocycles. The summed E-state index contributed by atoms with van der Waals surface area (Å²) in [6.07, 6.45) is 3.37. The molecule has 0 unspecified atom stereocenters. The molecule has 22 heavy (non-hydrogen) atoms. The van der Waals surface area contributed by atoms with Gasteiger partial charge in [-0.05, 0) is 54.4 Å². The van der Waals surface area contributed by atoms with Crippen LogP contribution in [0.3, 0.4) is 0 Å². The van der Waals surface area contributed by atoms with Crippen LogP contribution in [-0.2, 0) is 0 Å². The molecule has 0 aliphatic heterocycles. The largest absolute Gasteiger partial charge is 0.461 e. The summed E-state index contributed by atoms with van der Waals surface area (Å²) in [5, 5.41) is 4.38. The number of nitrogen functional groups attached to an aromatic ring is 1. The molecule has 0 spiro atoms. The Balaban J connectivity index is 1.89. The van der Waals surface area contributed by atoms with E-state index in [0.29, 0.717) is 23.0 Å². The minimum Gasteiger partial charge on any atom is -0.461 e. The van der Waals surface area contributed by atoms with E-state index in [1.165, 1.54) is 0 Å². The number of anilines is 1. The number of rotatable bonds is 2. The number of hydrogen-bond acceptors (Lipinski definition) is 5. The Kier molecular flexibility index (Phi) is 2.69.